The quantitative estimate of drug-likeness (QED) is 0.402. The maximum atomic E-state index is 13.0. The summed E-state index contributed by atoms with van der Waals surface area (Å²) in [5, 5.41) is 6.47. The Morgan fingerprint density at radius 3 is 2.42 bits per heavy atom. The number of rotatable bonds is 4. The molecule has 6 nitrogen and oxygen atoms in total. The number of ketones is 1. The molecule has 5 aromatic rings. The molecular weight excluding hydrogens is 407 g/mol. The minimum absolute atomic E-state index is 0.111. The number of benzene rings is 2. The molecule has 0 radical (unpaired) electrons. The van der Waals surface area contributed by atoms with Gasteiger partial charge in [-0.1, -0.05) is 30.3 Å². The summed E-state index contributed by atoms with van der Waals surface area (Å²) in [5.41, 5.74) is 2.33. The van der Waals surface area contributed by atoms with Crippen molar-refractivity contribution >= 4 is 27.7 Å². The van der Waals surface area contributed by atoms with E-state index < -0.39 is 11.9 Å². The van der Waals surface area contributed by atoms with Crippen LogP contribution in [0.25, 0.3) is 33.2 Å². The molecule has 0 saturated heterocycles. The lowest BCUT2D eigenvalue weighted by molar-refractivity contribution is -0.141. The van der Waals surface area contributed by atoms with Crippen molar-refractivity contribution in [1.82, 2.24) is 25.1 Å². The van der Waals surface area contributed by atoms with E-state index in [1.54, 1.807) is 12.1 Å². The van der Waals surface area contributed by atoms with Crippen LogP contribution in [0.4, 0.5) is 13.2 Å². The van der Waals surface area contributed by atoms with Crippen molar-refractivity contribution in [3.05, 3.63) is 77.9 Å². The summed E-state index contributed by atoms with van der Waals surface area (Å²) in [4.78, 5) is 24.7. The van der Waals surface area contributed by atoms with Gasteiger partial charge in [0.15, 0.2) is 5.82 Å². The van der Waals surface area contributed by atoms with Gasteiger partial charge in [-0.15, -0.1) is 0 Å². The van der Waals surface area contributed by atoms with Gasteiger partial charge in [-0.2, -0.15) is 13.2 Å². The first-order valence-electron chi connectivity index (χ1n) is 9.37. The summed E-state index contributed by atoms with van der Waals surface area (Å²) in [6, 6.07) is 15.2. The molecule has 0 saturated carbocycles. The van der Waals surface area contributed by atoms with E-state index in [2.05, 4.69) is 25.1 Å². The van der Waals surface area contributed by atoms with E-state index in [0.29, 0.717) is 33.2 Å². The van der Waals surface area contributed by atoms with E-state index in [1.807, 2.05) is 30.3 Å². The maximum Gasteiger partial charge on any atom is 0.433 e. The predicted octanol–water partition coefficient (Wildman–Crippen LogP) is 4.95. The molecule has 0 amide bonds. The molecule has 0 aliphatic heterocycles. The zero-order valence-corrected chi connectivity index (χ0v) is 15.9. The molecule has 2 aromatic carbocycles. The molecule has 2 N–H and O–H groups in total. The molecule has 0 aliphatic rings. The second kappa shape index (κ2) is 7.05. The second-order valence-electron chi connectivity index (χ2n) is 7.07. The van der Waals surface area contributed by atoms with E-state index in [0.717, 1.165) is 17.8 Å². The second-order valence-corrected chi connectivity index (χ2v) is 7.07. The number of nitrogens with zero attached hydrogens (tertiary/aromatic N) is 3. The lowest BCUT2D eigenvalue weighted by Crippen LogP contribution is -2.07. The van der Waals surface area contributed by atoms with Crippen LogP contribution in [0, 0.1) is 0 Å². The summed E-state index contributed by atoms with van der Waals surface area (Å²) in [7, 11) is 0. The fourth-order valence-corrected chi connectivity index (χ4v) is 3.47. The van der Waals surface area contributed by atoms with Crippen LogP contribution in [-0.4, -0.2) is 30.9 Å². The third-order valence-corrected chi connectivity index (χ3v) is 4.95. The lowest BCUT2D eigenvalue weighted by Gasteiger charge is -2.06. The highest BCUT2D eigenvalue weighted by molar-refractivity contribution is 6.03. The maximum absolute atomic E-state index is 13.0. The molecule has 5 rings (SSSR count). The van der Waals surface area contributed by atoms with Crippen molar-refractivity contribution in [2.45, 2.75) is 12.6 Å². The number of hydrogen-bond donors (Lipinski definition) is 2. The van der Waals surface area contributed by atoms with E-state index in [4.69, 9.17) is 0 Å². The number of Topliss-reactive ketones (excluding diaryl/α,β-unsaturated/α-hetero) is 1. The molecule has 3 heterocycles. The number of alkyl halides is 3. The fourth-order valence-electron chi connectivity index (χ4n) is 3.47. The zero-order chi connectivity index (χ0) is 21.6. The standard InChI is InChI=1S/C22H14F3N5O/c23-22(24,25)19-9-13(6-7-26-19)20-14-10-16-17(11-15(14)29-30-20)28-21(27-16)18(31)8-12-4-2-1-3-5-12/h1-7,9-11,29-30H,8H2. The highest BCUT2D eigenvalue weighted by Gasteiger charge is 2.32. The first-order valence-corrected chi connectivity index (χ1v) is 9.37. The van der Waals surface area contributed by atoms with Gasteiger partial charge in [0.05, 0.1) is 22.2 Å². The SMILES string of the molecule is O=C(Cc1ccccc1)c1nc2cc3[nH][nH]c(-c4ccnc(C(F)(F)F)c4)c3cc2n1. The van der Waals surface area contributed by atoms with Gasteiger partial charge in [0.2, 0.25) is 5.78 Å². The Balaban J connectivity index is 1.54. The molecule has 0 bridgehead atoms. The number of carbonyl (C=O) groups is 1. The van der Waals surface area contributed by atoms with Gasteiger partial charge >= 0.3 is 6.18 Å². The number of pyridine rings is 1. The number of fused-ring (bicyclic) bond motifs is 2. The van der Waals surface area contributed by atoms with Gasteiger partial charge in [0, 0.05) is 23.6 Å². The Labute approximate surface area is 173 Å². The highest BCUT2D eigenvalue weighted by atomic mass is 19.4. The van der Waals surface area contributed by atoms with Gasteiger partial charge in [0.25, 0.3) is 0 Å². The van der Waals surface area contributed by atoms with Crippen molar-refractivity contribution in [2.75, 3.05) is 0 Å². The molecule has 0 atom stereocenters. The third kappa shape index (κ3) is 3.54. The number of H-pyrrole nitrogens is 2. The van der Waals surface area contributed by atoms with Crippen molar-refractivity contribution < 1.29 is 18.0 Å². The fraction of sp³-hybridized carbons (Fsp3) is 0.0909. The normalized spacial score (nSPS) is 12.0. The van der Waals surface area contributed by atoms with Crippen LogP contribution in [0.3, 0.4) is 0 Å². The average Bonchev–Trinajstić information content (AvgIpc) is 3.35. The van der Waals surface area contributed by atoms with Crippen LogP contribution in [0.15, 0.2) is 60.8 Å². The van der Waals surface area contributed by atoms with Crippen LogP contribution in [-0.2, 0) is 12.6 Å². The number of nitrogens with one attached hydrogen (secondary N) is 2. The summed E-state index contributed by atoms with van der Waals surface area (Å²) in [6.07, 6.45) is -3.24. The van der Waals surface area contributed by atoms with Crippen molar-refractivity contribution in [1.29, 1.82) is 0 Å². The van der Waals surface area contributed by atoms with Gasteiger partial charge in [-0.3, -0.25) is 14.9 Å². The minimum Gasteiger partial charge on any atom is -0.300 e. The molecular formula is C22H14F3N5O. The molecule has 154 valence electrons. The minimum atomic E-state index is -4.54. The van der Waals surface area contributed by atoms with E-state index >= 15 is 0 Å². The number of hydrogen-bond acceptors (Lipinski definition) is 4. The monoisotopic (exact) mass is 421 g/mol. The number of carbonyl (C=O) groups excluding carboxylic acids is 1. The molecule has 3 aromatic heterocycles. The van der Waals surface area contributed by atoms with Crippen LogP contribution < -0.4 is 0 Å². The topological polar surface area (TPSA) is 87.3 Å². The van der Waals surface area contributed by atoms with Gasteiger partial charge in [0.1, 0.15) is 5.69 Å². The van der Waals surface area contributed by atoms with Crippen molar-refractivity contribution in [2.24, 2.45) is 0 Å². The van der Waals surface area contributed by atoms with Crippen LogP contribution in [0.5, 0.6) is 0 Å². The van der Waals surface area contributed by atoms with Crippen molar-refractivity contribution in [3.8, 4) is 11.3 Å². The summed E-state index contributed by atoms with van der Waals surface area (Å²) < 4.78 is 39.1. The number of aromatic nitrogens is 5. The summed E-state index contributed by atoms with van der Waals surface area (Å²) in [5.74, 6) is -0.0953. The lowest BCUT2D eigenvalue weighted by atomic mass is 10.1. The zero-order valence-electron chi connectivity index (χ0n) is 15.9. The Kier molecular flexibility index (Phi) is 4.32. The van der Waals surface area contributed by atoms with E-state index in [-0.39, 0.29) is 18.0 Å². The molecule has 0 spiro atoms. The molecule has 0 fully saturated rings. The van der Waals surface area contributed by atoms with E-state index in [1.165, 1.54) is 6.07 Å². The number of imidazole rings is 1. The van der Waals surface area contributed by atoms with Gasteiger partial charge in [-0.25, -0.2) is 9.97 Å². The van der Waals surface area contributed by atoms with Crippen LogP contribution >= 0.6 is 0 Å². The predicted molar refractivity (Wildman–Crippen MR) is 108 cm³/mol. The van der Waals surface area contributed by atoms with Crippen LogP contribution in [0.1, 0.15) is 21.9 Å². The summed E-state index contributed by atoms with van der Waals surface area (Å²) >= 11 is 0. The number of aromatic amines is 2. The average molecular weight is 421 g/mol. The Morgan fingerprint density at radius 2 is 1.68 bits per heavy atom. The van der Waals surface area contributed by atoms with Crippen molar-refractivity contribution in [3.63, 3.8) is 0 Å². The molecule has 31 heavy (non-hydrogen) atoms. The molecule has 0 unspecified atom stereocenters. The molecule has 9 heteroatoms. The first-order chi connectivity index (χ1) is 14.9. The number of halogens is 3. The van der Waals surface area contributed by atoms with Gasteiger partial charge < -0.3 is 5.10 Å². The Morgan fingerprint density at radius 1 is 0.935 bits per heavy atom. The first kappa shape index (κ1) is 19.0. The largest absolute Gasteiger partial charge is 0.433 e. The highest BCUT2D eigenvalue weighted by Crippen LogP contribution is 2.33. The summed E-state index contributed by atoms with van der Waals surface area (Å²) in [6.45, 7) is 0. The van der Waals surface area contributed by atoms with Crippen LogP contribution in [0.2, 0.25) is 0 Å². The molecule has 0 aliphatic carbocycles. The third-order valence-electron chi connectivity index (χ3n) is 4.95. The van der Waals surface area contributed by atoms with E-state index in [9.17, 15) is 18.0 Å². The smallest absolute Gasteiger partial charge is 0.300 e. The Hall–Kier alpha value is -4.01. The Bertz CT molecular complexity index is 1420. The van der Waals surface area contributed by atoms with Gasteiger partial charge in [-0.05, 0) is 29.8 Å².